The molecule has 0 spiro atoms. The molecule has 1 saturated heterocycles. The molecular weight excluding hydrogens is 439 g/mol. The third kappa shape index (κ3) is 5.43. The summed E-state index contributed by atoms with van der Waals surface area (Å²) in [5, 5.41) is 1.02. The minimum atomic E-state index is -0.249. The normalized spacial score (nSPS) is 19.3. The van der Waals surface area contributed by atoms with Crippen LogP contribution < -0.4 is 10.5 Å². The van der Waals surface area contributed by atoms with Gasteiger partial charge in [0.25, 0.3) is 5.56 Å². The molecule has 5 nitrogen and oxygen atoms in total. The maximum Gasteiger partial charge on any atom is 0.258 e. The third-order valence-electron chi connectivity index (χ3n) is 6.90. The van der Waals surface area contributed by atoms with Crippen LogP contribution in [0.25, 0.3) is 16.5 Å². The number of rotatable bonds is 5. The Kier molecular flexibility index (Phi) is 7.60. The molecule has 6 heteroatoms. The van der Waals surface area contributed by atoms with Crippen molar-refractivity contribution in [1.29, 1.82) is 0 Å². The number of halogens is 1. The highest BCUT2D eigenvalue weighted by atomic mass is 19.1. The summed E-state index contributed by atoms with van der Waals surface area (Å²) in [4.78, 5) is 20.0. The Morgan fingerprint density at radius 3 is 2.69 bits per heavy atom. The molecule has 1 aromatic heterocycles. The van der Waals surface area contributed by atoms with Gasteiger partial charge in [0.2, 0.25) is 0 Å². The Hall–Kier alpha value is -3.12. The number of likely N-dealkylation sites (N-methyl/N-ethyl adjacent to an activating group) is 1. The molecule has 0 radical (unpaired) electrons. The fraction of sp³-hybridized carbons (Fsp3) is 0.414. The van der Waals surface area contributed by atoms with Crippen LogP contribution in [0.3, 0.4) is 0 Å². The zero-order chi connectivity index (χ0) is 25.1. The van der Waals surface area contributed by atoms with Gasteiger partial charge in [-0.25, -0.2) is 4.39 Å². The van der Waals surface area contributed by atoms with E-state index in [0.29, 0.717) is 11.3 Å². The lowest BCUT2D eigenvalue weighted by molar-refractivity contribution is 0.360. The van der Waals surface area contributed by atoms with Crippen LogP contribution in [0, 0.1) is 0 Å². The molecule has 3 heterocycles. The fourth-order valence-corrected chi connectivity index (χ4v) is 4.83. The van der Waals surface area contributed by atoms with E-state index in [1.165, 1.54) is 0 Å². The Labute approximate surface area is 208 Å². The molecule has 186 valence electrons. The fourth-order valence-electron chi connectivity index (χ4n) is 4.83. The molecular formula is C29H37FN4O. The van der Waals surface area contributed by atoms with Crippen molar-refractivity contribution in [3.8, 4) is 0 Å². The smallest absolute Gasteiger partial charge is 0.258 e. The molecule has 2 aliphatic rings. The Bertz CT molecular complexity index is 1280. The molecule has 35 heavy (non-hydrogen) atoms. The second kappa shape index (κ2) is 10.6. The first-order valence-corrected chi connectivity index (χ1v) is 12.6. The summed E-state index contributed by atoms with van der Waals surface area (Å²) >= 11 is 0. The van der Waals surface area contributed by atoms with E-state index in [-0.39, 0.29) is 11.4 Å². The highest BCUT2D eigenvalue weighted by molar-refractivity contribution is 5.86. The van der Waals surface area contributed by atoms with Gasteiger partial charge >= 0.3 is 0 Å². The number of unbranched alkanes of at least 4 members (excludes halogenated alkanes) is 1. The van der Waals surface area contributed by atoms with Crippen molar-refractivity contribution in [3.05, 3.63) is 81.8 Å². The molecule has 0 N–H and O–H groups in total. The number of nitrogens with zero attached hydrogens (tertiary/aromatic N) is 4. The van der Waals surface area contributed by atoms with E-state index < -0.39 is 0 Å². The molecule has 0 amide bonds. The molecule has 1 aromatic carbocycles. The van der Waals surface area contributed by atoms with E-state index in [0.717, 1.165) is 73.2 Å². The lowest BCUT2D eigenvalue weighted by Crippen LogP contribution is -2.29. The molecule has 0 atom stereocenters. The first-order valence-electron chi connectivity index (χ1n) is 12.6. The number of pyridine rings is 1. The summed E-state index contributed by atoms with van der Waals surface area (Å²) in [6, 6.07) is 8.36. The molecule has 0 saturated carbocycles. The largest absolute Gasteiger partial charge is 0.370 e. The van der Waals surface area contributed by atoms with Crippen LogP contribution in [0.4, 0.5) is 10.1 Å². The van der Waals surface area contributed by atoms with Gasteiger partial charge in [-0.05, 0) is 81.1 Å². The highest BCUT2D eigenvalue weighted by Crippen LogP contribution is 2.29. The zero-order valence-corrected chi connectivity index (χ0v) is 21.6. The molecule has 1 fully saturated rings. The van der Waals surface area contributed by atoms with Crippen molar-refractivity contribution in [2.75, 3.05) is 38.1 Å². The first kappa shape index (κ1) is 25.0. The summed E-state index contributed by atoms with van der Waals surface area (Å²) in [7, 11) is 4.00. The molecule has 4 rings (SSSR count). The lowest BCUT2D eigenvalue weighted by atomic mass is 10.1. The van der Waals surface area contributed by atoms with Crippen molar-refractivity contribution in [1.82, 2.24) is 14.4 Å². The van der Waals surface area contributed by atoms with Gasteiger partial charge in [-0.1, -0.05) is 25.5 Å². The SMILES string of the molecule is CCC/C=C1\C(F)=CC(C)=CN1/C=C(\C)c1cc2ccc(N3CCCN(C)CC3)cc2n(C)c1=O. The van der Waals surface area contributed by atoms with Crippen molar-refractivity contribution >= 4 is 22.2 Å². The van der Waals surface area contributed by atoms with Gasteiger partial charge in [0.1, 0.15) is 5.83 Å². The Morgan fingerprint density at radius 2 is 1.91 bits per heavy atom. The van der Waals surface area contributed by atoms with E-state index in [2.05, 4.69) is 42.0 Å². The average molecular weight is 477 g/mol. The van der Waals surface area contributed by atoms with Crippen molar-refractivity contribution < 1.29 is 4.39 Å². The highest BCUT2D eigenvalue weighted by Gasteiger charge is 2.18. The number of allylic oxidation sites excluding steroid dienone is 5. The zero-order valence-electron chi connectivity index (χ0n) is 21.6. The van der Waals surface area contributed by atoms with Crippen LogP contribution in [0.15, 0.2) is 70.7 Å². The molecule has 0 unspecified atom stereocenters. The minimum Gasteiger partial charge on any atom is -0.370 e. The van der Waals surface area contributed by atoms with Gasteiger partial charge in [-0.15, -0.1) is 0 Å². The number of aromatic nitrogens is 1. The topological polar surface area (TPSA) is 31.7 Å². The van der Waals surface area contributed by atoms with Gasteiger partial charge in [0.05, 0.1) is 11.2 Å². The molecule has 0 aliphatic carbocycles. The first-order chi connectivity index (χ1) is 16.8. The Morgan fingerprint density at radius 1 is 1.11 bits per heavy atom. The van der Waals surface area contributed by atoms with E-state index in [4.69, 9.17) is 0 Å². The number of hydrogen-bond donors (Lipinski definition) is 0. The minimum absolute atomic E-state index is 0.0492. The number of fused-ring (bicyclic) bond motifs is 1. The van der Waals surface area contributed by atoms with E-state index in [1.807, 2.05) is 45.4 Å². The van der Waals surface area contributed by atoms with Crippen molar-refractivity contribution in [2.24, 2.45) is 7.05 Å². The summed E-state index contributed by atoms with van der Waals surface area (Å²) in [5.74, 6) is -0.249. The van der Waals surface area contributed by atoms with Crippen LogP contribution >= 0.6 is 0 Å². The summed E-state index contributed by atoms with van der Waals surface area (Å²) in [5.41, 5.74) is 4.82. The molecule has 0 bridgehead atoms. The van der Waals surface area contributed by atoms with Gasteiger partial charge in [-0.2, -0.15) is 0 Å². The second-order valence-electron chi connectivity index (χ2n) is 9.77. The predicted molar refractivity (Wildman–Crippen MR) is 145 cm³/mol. The summed E-state index contributed by atoms with van der Waals surface area (Å²) in [6.07, 6.45) is 10.1. The van der Waals surface area contributed by atoms with Crippen LogP contribution in [-0.4, -0.2) is 47.6 Å². The van der Waals surface area contributed by atoms with E-state index in [9.17, 15) is 9.18 Å². The monoisotopic (exact) mass is 476 g/mol. The second-order valence-corrected chi connectivity index (χ2v) is 9.77. The summed E-state index contributed by atoms with van der Waals surface area (Å²) < 4.78 is 16.5. The van der Waals surface area contributed by atoms with Crippen molar-refractivity contribution in [3.63, 3.8) is 0 Å². The number of anilines is 1. The van der Waals surface area contributed by atoms with Crippen molar-refractivity contribution in [2.45, 2.75) is 40.0 Å². The van der Waals surface area contributed by atoms with Gasteiger partial charge in [-0.3, -0.25) is 4.79 Å². The average Bonchev–Trinajstić information content (AvgIpc) is 3.05. The maximum absolute atomic E-state index is 14.7. The number of benzene rings is 1. The van der Waals surface area contributed by atoms with Crippen LogP contribution in [-0.2, 0) is 7.05 Å². The van der Waals surface area contributed by atoms with Crippen LogP contribution in [0.5, 0.6) is 0 Å². The van der Waals surface area contributed by atoms with Gasteiger partial charge < -0.3 is 19.3 Å². The predicted octanol–water partition coefficient (Wildman–Crippen LogP) is 5.80. The van der Waals surface area contributed by atoms with E-state index in [1.54, 1.807) is 15.5 Å². The molecule has 2 aromatic rings. The maximum atomic E-state index is 14.7. The molecule has 2 aliphatic heterocycles. The van der Waals surface area contributed by atoms with Gasteiger partial charge in [0, 0.05) is 50.3 Å². The van der Waals surface area contributed by atoms with Gasteiger partial charge in [0.15, 0.2) is 0 Å². The number of hydrogen-bond acceptors (Lipinski definition) is 4. The van der Waals surface area contributed by atoms with Crippen LogP contribution in [0.1, 0.15) is 45.6 Å². The quantitative estimate of drug-likeness (QED) is 0.546. The number of aryl methyl sites for hydroxylation is 1. The lowest BCUT2D eigenvalue weighted by Gasteiger charge is -2.25. The van der Waals surface area contributed by atoms with Crippen LogP contribution in [0.2, 0.25) is 0 Å². The third-order valence-corrected chi connectivity index (χ3v) is 6.90. The standard InChI is InChI=1S/C29H37FN4O/c1-6-7-9-27-26(30)16-21(2)19-34(27)20-22(3)25-17-23-10-11-24(18-28(23)32(5)29(25)35)33-13-8-12-31(4)14-15-33/h9-11,16-20H,6-8,12-15H2,1-5H3/b22-20+,27-9+. The van der Waals surface area contributed by atoms with E-state index >= 15 is 0 Å². The Balaban J connectivity index is 1.70. The summed E-state index contributed by atoms with van der Waals surface area (Å²) in [6.45, 7) is 10.0.